The van der Waals surface area contributed by atoms with Crippen LogP contribution in [-0.4, -0.2) is 32.6 Å². The molecule has 4 nitrogen and oxygen atoms in total. The molecule has 0 spiro atoms. The van der Waals surface area contributed by atoms with E-state index in [9.17, 15) is 9.59 Å². The van der Waals surface area contributed by atoms with Crippen LogP contribution in [0.3, 0.4) is 0 Å². The molecule has 0 bridgehead atoms. The van der Waals surface area contributed by atoms with E-state index in [2.05, 4.69) is 52.8 Å². The lowest BCUT2D eigenvalue weighted by Crippen LogP contribution is -2.25. The summed E-state index contributed by atoms with van der Waals surface area (Å²) in [6, 6.07) is 0. The van der Waals surface area contributed by atoms with Gasteiger partial charge in [-0.15, -0.1) is 0 Å². The molecule has 176 valence electrons. The summed E-state index contributed by atoms with van der Waals surface area (Å²) in [6.07, 6.45) is 15.9. The Kier molecular flexibility index (Phi) is 16.6. The highest BCUT2D eigenvalue weighted by atomic mass is 16.5. The molecule has 0 saturated heterocycles. The van der Waals surface area contributed by atoms with Crippen molar-refractivity contribution in [1.29, 1.82) is 0 Å². The van der Waals surface area contributed by atoms with Crippen LogP contribution in [0.1, 0.15) is 86.0 Å². The smallest absolute Gasteiger partial charge is 0.316 e. The van der Waals surface area contributed by atoms with E-state index in [0.29, 0.717) is 13.0 Å². The topological polar surface area (TPSA) is 52.6 Å². The van der Waals surface area contributed by atoms with Crippen molar-refractivity contribution in [1.82, 2.24) is 0 Å². The SMILES string of the molecule is COCCC(=O)C(C/C=C(\C)CC/C=C(\C)CC/C=C(\C)CCC=C(C)C)C(=O)OC. The van der Waals surface area contributed by atoms with E-state index >= 15 is 0 Å². The largest absolute Gasteiger partial charge is 0.468 e. The summed E-state index contributed by atoms with van der Waals surface area (Å²) in [5.74, 6) is -1.33. The van der Waals surface area contributed by atoms with Crippen LogP contribution < -0.4 is 0 Å². The average molecular weight is 433 g/mol. The molecule has 0 aromatic carbocycles. The molecule has 1 unspecified atom stereocenters. The number of ketones is 1. The van der Waals surface area contributed by atoms with Crippen molar-refractivity contribution in [3.63, 3.8) is 0 Å². The molecule has 0 aromatic rings. The van der Waals surface area contributed by atoms with Gasteiger partial charge in [0.2, 0.25) is 0 Å². The van der Waals surface area contributed by atoms with Crippen LogP contribution in [0.25, 0.3) is 0 Å². The first kappa shape index (κ1) is 29.1. The Hall–Kier alpha value is -1.94. The van der Waals surface area contributed by atoms with Gasteiger partial charge >= 0.3 is 5.97 Å². The Morgan fingerprint density at radius 3 is 1.65 bits per heavy atom. The number of ether oxygens (including phenoxy) is 2. The van der Waals surface area contributed by atoms with Crippen LogP contribution in [0.5, 0.6) is 0 Å². The number of hydrogen-bond acceptors (Lipinski definition) is 4. The summed E-state index contributed by atoms with van der Waals surface area (Å²) >= 11 is 0. The third-order valence-electron chi connectivity index (χ3n) is 5.28. The van der Waals surface area contributed by atoms with Gasteiger partial charge < -0.3 is 9.47 Å². The summed E-state index contributed by atoms with van der Waals surface area (Å²) in [4.78, 5) is 24.2. The van der Waals surface area contributed by atoms with Gasteiger partial charge in [0.1, 0.15) is 11.7 Å². The van der Waals surface area contributed by atoms with Crippen LogP contribution in [-0.2, 0) is 19.1 Å². The van der Waals surface area contributed by atoms with Gasteiger partial charge in [-0.3, -0.25) is 9.59 Å². The van der Waals surface area contributed by atoms with Crippen LogP contribution in [0.15, 0.2) is 46.6 Å². The van der Waals surface area contributed by atoms with Crippen molar-refractivity contribution < 1.29 is 19.1 Å². The van der Waals surface area contributed by atoms with Gasteiger partial charge in [-0.1, -0.05) is 46.6 Å². The third kappa shape index (κ3) is 15.5. The molecule has 0 aromatic heterocycles. The van der Waals surface area contributed by atoms with Crippen molar-refractivity contribution in [2.75, 3.05) is 20.8 Å². The van der Waals surface area contributed by atoms with E-state index in [0.717, 1.165) is 38.5 Å². The van der Waals surface area contributed by atoms with Crippen LogP contribution >= 0.6 is 0 Å². The molecule has 0 aliphatic rings. The molecule has 0 amide bonds. The van der Waals surface area contributed by atoms with E-state index < -0.39 is 11.9 Å². The number of esters is 1. The van der Waals surface area contributed by atoms with Gasteiger partial charge in [-0.05, 0) is 79.6 Å². The first-order valence-corrected chi connectivity index (χ1v) is 11.4. The first-order chi connectivity index (χ1) is 14.7. The van der Waals surface area contributed by atoms with Crippen LogP contribution in [0.2, 0.25) is 0 Å². The standard InChI is InChI=1S/C27H44O4/c1-21(2)11-8-12-22(3)13-9-14-23(4)15-10-16-24(5)17-18-25(27(29)31-7)26(28)19-20-30-6/h11,13,15,17,25H,8-10,12,14,16,18-20H2,1-7H3/b22-13+,23-15+,24-17+. The summed E-state index contributed by atoms with van der Waals surface area (Å²) < 4.78 is 9.74. The Morgan fingerprint density at radius 2 is 1.19 bits per heavy atom. The number of carbonyl (C=O) groups is 2. The quantitative estimate of drug-likeness (QED) is 0.151. The summed E-state index contributed by atoms with van der Waals surface area (Å²) in [7, 11) is 2.87. The van der Waals surface area contributed by atoms with Crippen LogP contribution in [0, 0.1) is 5.92 Å². The van der Waals surface area contributed by atoms with Gasteiger partial charge in [0.15, 0.2) is 0 Å². The van der Waals surface area contributed by atoms with Gasteiger partial charge in [-0.25, -0.2) is 0 Å². The normalized spacial score (nSPS) is 13.7. The van der Waals surface area contributed by atoms with E-state index in [4.69, 9.17) is 9.47 Å². The predicted molar refractivity (Wildman–Crippen MR) is 130 cm³/mol. The van der Waals surface area contributed by atoms with Gasteiger partial charge in [0.05, 0.1) is 13.7 Å². The number of hydrogen-bond donors (Lipinski definition) is 0. The Morgan fingerprint density at radius 1 is 0.710 bits per heavy atom. The van der Waals surface area contributed by atoms with Crippen molar-refractivity contribution in [2.24, 2.45) is 5.92 Å². The maximum atomic E-state index is 12.2. The van der Waals surface area contributed by atoms with Crippen molar-refractivity contribution in [3.8, 4) is 0 Å². The number of rotatable bonds is 16. The van der Waals surface area contributed by atoms with Crippen molar-refractivity contribution >= 4 is 11.8 Å². The zero-order valence-electron chi connectivity index (χ0n) is 20.9. The lowest BCUT2D eigenvalue weighted by Gasteiger charge is -2.12. The summed E-state index contributed by atoms with van der Waals surface area (Å²) in [6.45, 7) is 11.1. The fraction of sp³-hybridized carbons (Fsp3) is 0.630. The number of carbonyl (C=O) groups excluding carboxylic acids is 2. The molecule has 4 heteroatoms. The Bertz CT molecular complexity index is 661. The van der Waals surface area contributed by atoms with Gasteiger partial charge in [0, 0.05) is 13.5 Å². The molecule has 0 aliphatic carbocycles. The maximum absolute atomic E-state index is 12.2. The van der Waals surface area contributed by atoms with E-state index in [1.807, 2.05) is 6.08 Å². The van der Waals surface area contributed by atoms with Crippen LogP contribution in [0.4, 0.5) is 0 Å². The zero-order valence-corrected chi connectivity index (χ0v) is 20.9. The molecule has 31 heavy (non-hydrogen) atoms. The highest BCUT2D eigenvalue weighted by Crippen LogP contribution is 2.16. The third-order valence-corrected chi connectivity index (χ3v) is 5.28. The average Bonchev–Trinajstić information content (AvgIpc) is 2.71. The molecule has 0 saturated carbocycles. The second-order valence-corrected chi connectivity index (χ2v) is 8.57. The monoisotopic (exact) mass is 432 g/mol. The molecule has 1 atom stereocenters. The molecular weight excluding hydrogens is 388 g/mol. The second-order valence-electron chi connectivity index (χ2n) is 8.57. The molecule has 0 N–H and O–H groups in total. The minimum Gasteiger partial charge on any atom is -0.468 e. The Labute approximate surface area is 190 Å². The van der Waals surface area contributed by atoms with E-state index in [-0.39, 0.29) is 12.2 Å². The molecular formula is C27H44O4. The predicted octanol–water partition coefficient (Wildman–Crippen LogP) is 6.92. The fourth-order valence-corrected chi connectivity index (χ4v) is 3.18. The Balaban J connectivity index is 4.46. The van der Waals surface area contributed by atoms with Gasteiger partial charge in [-0.2, -0.15) is 0 Å². The minimum atomic E-state index is -0.737. The lowest BCUT2D eigenvalue weighted by molar-refractivity contribution is -0.149. The zero-order chi connectivity index (χ0) is 23.6. The van der Waals surface area contributed by atoms with Crippen molar-refractivity contribution in [3.05, 3.63) is 46.6 Å². The molecule has 0 fully saturated rings. The number of allylic oxidation sites excluding steroid dienone is 8. The minimum absolute atomic E-state index is 0.127. The molecule has 0 radical (unpaired) electrons. The highest BCUT2D eigenvalue weighted by molar-refractivity contribution is 5.99. The van der Waals surface area contributed by atoms with E-state index in [1.54, 1.807) is 7.11 Å². The summed E-state index contributed by atoms with van der Waals surface area (Å²) in [5, 5.41) is 0. The number of Topliss-reactive ketones (excluding diaryl/α,β-unsaturated/α-hetero) is 1. The second kappa shape index (κ2) is 17.7. The lowest BCUT2D eigenvalue weighted by atomic mass is 9.96. The van der Waals surface area contributed by atoms with E-state index in [1.165, 1.54) is 29.4 Å². The number of methoxy groups -OCH3 is 2. The van der Waals surface area contributed by atoms with Crippen molar-refractivity contribution in [2.45, 2.75) is 86.0 Å². The summed E-state index contributed by atoms with van der Waals surface area (Å²) in [5.41, 5.74) is 5.44. The first-order valence-electron chi connectivity index (χ1n) is 11.4. The fourth-order valence-electron chi connectivity index (χ4n) is 3.18. The highest BCUT2D eigenvalue weighted by Gasteiger charge is 2.25. The van der Waals surface area contributed by atoms with Gasteiger partial charge in [0.25, 0.3) is 0 Å². The maximum Gasteiger partial charge on any atom is 0.316 e. The molecule has 0 heterocycles. The molecule has 0 rings (SSSR count). The molecule has 0 aliphatic heterocycles.